The van der Waals surface area contributed by atoms with Crippen LogP contribution in [0.15, 0.2) is 24.3 Å². The highest BCUT2D eigenvalue weighted by Crippen LogP contribution is 2.15. The molecular weight excluding hydrogens is 286 g/mol. The second-order valence-electron chi connectivity index (χ2n) is 5.14. The molecule has 0 radical (unpaired) electrons. The molecule has 1 aromatic carbocycles. The summed E-state index contributed by atoms with van der Waals surface area (Å²) in [5.41, 5.74) is 1.92. The number of amides is 2. The first kappa shape index (κ1) is 17.7. The van der Waals surface area contributed by atoms with Crippen molar-refractivity contribution in [2.75, 3.05) is 23.9 Å². The van der Waals surface area contributed by atoms with Gasteiger partial charge in [0.1, 0.15) is 0 Å². The lowest BCUT2D eigenvalue weighted by Crippen LogP contribution is -2.39. The molecule has 3 N–H and O–H groups in total. The fourth-order valence-electron chi connectivity index (χ4n) is 2.06. The molecule has 0 aliphatic rings. The number of carbonyl (C=O) groups is 1. The minimum Gasteiger partial charge on any atom is -0.334 e. The highest BCUT2D eigenvalue weighted by molar-refractivity contribution is 7.84. The Bertz CT molecular complexity index is 476. The molecule has 5 nitrogen and oxygen atoms in total. The summed E-state index contributed by atoms with van der Waals surface area (Å²) >= 11 is 0. The molecule has 3 unspecified atom stereocenters. The van der Waals surface area contributed by atoms with Gasteiger partial charge in [-0.15, -0.1) is 0 Å². The predicted molar refractivity (Wildman–Crippen MR) is 89.1 cm³/mol. The van der Waals surface area contributed by atoms with Gasteiger partial charge < -0.3 is 16.0 Å². The van der Waals surface area contributed by atoms with Gasteiger partial charge in [0.15, 0.2) is 0 Å². The average Bonchev–Trinajstić information content (AvgIpc) is 2.38. The zero-order valence-corrected chi connectivity index (χ0v) is 13.9. The van der Waals surface area contributed by atoms with Crippen molar-refractivity contribution >= 4 is 22.5 Å². The lowest BCUT2D eigenvalue weighted by Gasteiger charge is -2.15. The molecule has 0 aromatic heterocycles. The minimum atomic E-state index is -0.919. The summed E-state index contributed by atoms with van der Waals surface area (Å²) in [6.45, 7) is 6.93. The number of anilines is 1. The quantitative estimate of drug-likeness (QED) is 0.723. The molecule has 0 spiro atoms. The third-order valence-corrected chi connectivity index (χ3v) is 4.01. The van der Waals surface area contributed by atoms with E-state index in [1.807, 2.05) is 31.2 Å². The van der Waals surface area contributed by atoms with Crippen LogP contribution in [0.4, 0.5) is 10.5 Å². The third kappa shape index (κ3) is 6.73. The van der Waals surface area contributed by atoms with E-state index in [1.54, 1.807) is 6.26 Å². The molecule has 1 aromatic rings. The van der Waals surface area contributed by atoms with Crippen LogP contribution in [0.1, 0.15) is 32.4 Å². The molecular formula is C15H25N3O2S. The molecule has 6 heteroatoms. The minimum absolute atomic E-state index is 0.121. The van der Waals surface area contributed by atoms with Crippen molar-refractivity contribution in [1.82, 2.24) is 10.6 Å². The molecule has 0 saturated heterocycles. The van der Waals surface area contributed by atoms with Crippen LogP contribution >= 0.6 is 0 Å². The summed E-state index contributed by atoms with van der Waals surface area (Å²) in [6.07, 6.45) is 1.63. The van der Waals surface area contributed by atoms with E-state index in [1.165, 1.54) is 5.56 Å². The Morgan fingerprint density at radius 1 is 1.24 bits per heavy atom. The van der Waals surface area contributed by atoms with Crippen molar-refractivity contribution in [3.63, 3.8) is 0 Å². The molecule has 1 rings (SSSR count). The highest BCUT2D eigenvalue weighted by atomic mass is 32.2. The summed E-state index contributed by atoms with van der Waals surface area (Å²) in [6, 6.07) is 7.64. The molecule has 0 heterocycles. The first-order valence-corrected chi connectivity index (χ1v) is 8.86. The van der Waals surface area contributed by atoms with Gasteiger partial charge in [-0.3, -0.25) is 4.21 Å². The van der Waals surface area contributed by atoms with Crippen molar-refractivity contribution in [2.45, 2.75) is 32.9 Å². The second-order valence-corrected chi connectivity index (χ2v) is 6.62. The standard InChI is InChI=1S/C15H25N3O2S/c1-5-16-12(3)13-6-8-14(9-7-13)18-15(19)17-11(2)10-21(4)20/h6-9,11-12,16H,5,10H2,1-4H3,(H2,17,18,19). The van der Waals surface area contributed by atoms with E-state index in [-0.39, 0.29) is 18.1 Å². The van der Waals surface area contributed by atoms with E-state index >= 15 is 0 Å². The van der Waals surface area contributed by atoms with Crippen LogP contribution in [0.5, 0.6) is 0 Å². The van der Waals surface area contributed by atoms with Crippen molar-refractivity contribution < 1.29 is 9.00 Å². The zero-order valence-electron chi connectivity index (χ0n) is 13.1. The van der Waals surface area contributed by atoms with Gasteiger partial charge >= 0.3 is 6.03 Å². The number of hydrogen-bond acceptors (Lipinski definition) is 3. The summed E-state index contributed by atoms with van der Waals surface area (Å²) in [5, 5.41) is 8.87. The summed E-state index contributed by atoms with van der Waals surface area (Å²) < 4.78 is 11.1. The van der Waals surface area contributed by atoms with Crippen molar-refractivity contribution in [1.29, 1.82) is 0 Å². The van der Waals surface area contributed by atoms with E-state index in [2.05, 4.69) is 29.8 Å². The van der Waals surface area contributed by atoms with Crippen LogP contribution in [0.3, 0.4) is 0 Å². The fraction of sp³-hybridized carbons (Fsp3) is 0.533. The number of urea groups is 1. The summed E-state index contributed by atoms with van der Waals surface area (Å²) in [7, 11) is -0.919. The van der Waals surface area contributed by atoms with Gasteiger partial charge in [-0.25, -0.2) is 4.79 Å². The maximum atomic E-state index is 11.8. The van der Waals surface area contributed by atoms with E-state index in [0.29, 0.717) is 5.75 Å². The molecule has 0 saturated carbocycles. The van der Waals surface area contributed by atoms with E-state index in [9.17, 15) is 9.00 Å². The number of nitrogens with one attached hydrogen (secondary N) is 3. The lowest BCUT2D eigenvalue weighted by atomic mass is 10.1. The topological polar surface area (TPSA) is 70.2 Å². The number of benzene rings is 1. The normalized spacial score (nSPS) is 15.0. The van der Waals surface area contributed by atoms with Gasteiger partial charge in [0.25, 0.3) is 0 Å². The molecule has 0 aliphatic carbocycles. The van der Waals surface area contributed by atoms with E-state index < -0.39 is 10.8 Å². The van der Waals surface area contributed by atoms with Gasteiger partial charge in [-0.05, 0) is 38.1 Å². The monoisotopic (exact) mass is 311 g/mol. The molecule has 3 atom stereocenters. The molecule has 0 fully saturated rings. The molecule has 21 heavy (non-hydrogen) atoms. The van der Waals surface area contributed by atoms with Crippen molar-refractivity contribution in [3.8, 4) is 0 Å². The van der Waals surface area contributed by atoms with Crippen molar-refractivity contribution in [3.05, 3.63) is 29.8 Å². The van der Waals surface area contributed by atoms with Gasteiger partial charge in [-0.2, -0.15) is 0 Å². The fourth-order valence-corrected chi connectivity index (χ4v) is 2.85. The predicted octanol–water partition coefficient (Wildman–Crippen LogP) is 2.25. The zero-order chi connectivity index (χ0) is 15.8. The van der Waals surface area contributed by atoms with Crippen LogP contribution < -0.4 is 16.0 Å². The Labute approximate surface area is 129 Å². The van der Waals surface area contributed by atoms with Gasteiger partial charge in [0.2, 0.25) is 0 Å². The van der Waals surface area contributed by atoms with E-state index in [0.717, 1.165) is 12.2 Å². The number of hydrogen-bond donors (Lipinski definition) is 3. The van der Waals surface area contributed by atoms with Crippen LogP contribution in [0.25, 0.3) is 0 Å². The SMILES string of the molecule is CCNC(C)c1ccc(NC(=O)NC(C)CS(C)=O)cc1. The molecule has 2 amide bonds. The summed E-state index contributed by atoms with van der Waals surface area (Å²) in [4.78, 5) is 11.8. The number of carbonyl (C=O) groups excluding carboxylic acids is 1. The summed E-state index contributed by atoms with van der Waals surface area (Å²) in [5.74, 6) is 0.451. The van der Waals surface area contributed by atoms with Crippen LogP contribution in [-0.4, -0.2) is 34.8 Å². The van der Waals surface area contributed by atoms with Crippen molar-refractivity contribution in [2.24, 2.45) is 0 Å². The Morgan fingerprint density at radius 2 is 1.86 bits per heavy atom. The van der Waals surface area contributed by atoms with Gasteiger partial charge in [0.05, 0.1) is 0 Å². The first-order chi connectivity index (χ1) is 9.92. The Hall–Kier alpha value is -1.40. The smallest absolute Gasteiger partial charge is 0.319 e. The Morgan fingerprint density at radius 3 is 2.38 bits per heavy atom. The molecule has 118 valence electrons. The number of rotatable bonds is 7. The second kappa shape index (κ2) is 8.79. The van der Waals surface area contributed by atoms with Crippen LogP contribution in [-0.2, 0) is 10.8 Å². The van der Waals surface area contributed by atoms with Gasteiger partial charge in [0, 0.05) is 40.6 Å². The Kier molecular flexibility index (Phi) is 7.39. The van der Waals surface area contributed by atoms with Crippen LogP contribution in [0.2, 0.25) is 0 Å². The maximum absolute atomic E-state index is 11.8. The highest BCUT2D eigenvalue weighted by Gasteiger charge is 2.09. The average molecular weight is 311 g/mol. The third-order valence-electron chi connectivity index (χ3n) is 3.04. The van der Waals surface area contributed by atoms with Crippen LogP contribution in [0, 0.1) is 0 Å². The maximum Gasteiger partial charge on any atom is 0.319 e. The Balaban J connectivity index is 2.51. The largest absolute Gasteiger partial charge is 0.334 e. The first-order valence-electron chi connectivity index (χ1n) is 7.13. The van der Waals surface area contributed by atoms with E-state index in [4.69, 9.17) is 0 Å². The molecule has 0 bridgehead atoms. The van der Waals surface area contributed by atoms with Gasteiger partial charge in [-0.1, -0.05) is 19.1 Å². The molecule has 0 aliphatic heterocycles. The lowest BCUT2D eigenvalue weighted by molar-refractivity contribution is 0.250.